The molecule has 12 heteroatoms. The SMILES string of the molecule is Cn1cc(C(CNC(=O)c2cc(-c3ccc(F)cc3F)on2)c2nc(Cl)sc2Cl)cn1. The van der Waals surface area contributed by atoms with E-state index in [0.29, 0.717) is 10.0 Å². The first-order valence-electron chi connectivity index (χ1n) is 8.82. The summed E-state index contributed by atoms with van der Waals surface area (Å²) in [7, 11) is 1.76. The Bertz CT molecular complexity index is 1260. The van der Waals surface area contributed by atoms with Crippen LogP contribution in [0.4, 0.5) is 8.78 Å². The third-order valence-corrected chi connectivity index (χ3v) is 5.84. The second kappa shape index (κ2) is 8.74. The van der Waals surface area contributed by atoms with Crippen molar-refractivity contribution >= 4 is 40.4 Å². The van der Waals surface area contributed by atoms with Crippen LogP contribution >= 0.6 is 34.5 Å². The van der Waals surface area contributed by atoms with E-state index in [1.807, 2.05) is 0 Å². The summed E-state index contributed by atoms with van der Waals surface area (Å²) >= 11 is 13.4. The molecule has 7 nitrogen and oxygen atoms in total. The van der Waals surface area contributed by atoms with Crippen molar-refractivity contribution in [3.63, 3.8) is 0 Å². The molecule has 4 rings (SSSR count). The minimum Gasteiger partial charge on any atom is -0.355 e. The van der Waals surface area contributed by atoms with E-state index in [2.05, 4.69) is 20.6 Å². The second-order valence-corrected chi connectivity index (χ2v) is 8.72. The fraction of sp³-hybridized carbons (Fsp3) is 0.158. The lowest BCUT2D eigenvalue weighted by Crippen LogP contribution is -2.29. The van der Waals surface area contributed by atoms with Crippen LogP contribution in [0.5, 0.6) is 0 Å². The van der Waals surface area contributed by atoms with E-state index in [1.54, 1.807) is 24.1 Å². The summed E-state index contributed by atoms with van der Waals surface area (Å²) < 4.78 is 34.4. The van der Waals surface area contributed by atoms with Gasteiger partial charge in [0.1, 0.15) is 16.0 Å². The minimum absolute atomic E-state index is 0.000729. The molecule has 0 aliphatic heterocycles. The van der Waals surface area contributed by atoms with Gasteiger partial charge in [-0.1, -0.05) is 39.7 Å². The molecule has 3 aromatic heterocycles. The highest BCUT2D eigenvalue weighted by atomic mass is 35.5. The Kier molecular flexibility index (Phi) is 6.03. The van der Waals surface area contributed by atoms with Crippen molar-refractivity contribution in [2.24, 2.45) is 7.05 Å². The van der Waals surface area contributed by atoms with Crippen LogP contribution in [0.25, 0.3) is 11.3 Å². The number of benzene rings is 1. The van der Waals surface area contributed by atoms with Gasteiger partial charge in [-0.2, -0.15) is 5.10 Å². The van der Waals surface area contributed by atoms with Crippen molar-refractivity contribution in [2.75, 3.05) is 6.54 Å². The van der Waals surface area contributed by atoms with Crippen molar-refractivity contribution in [1.82, 2.24) is 25.2 Å². The summed E-state index contributed by atoms with van der Waals surface area (Å²) in [5, 5.41) is 10.6. The van der Waals surface area contributed by atoms with Gasteiger partial charge in [-0.3, -0.25) is 9.48 Å². The zero-order chi connectivity index (χ0) is 22.1. The Balaban J connectivity index is 1.53. The molecule has 3 heterocycles. The lowest BCUT2D eigenvalue weighted by molar-refractivity contribution is 0.0943. The highest BCUT2D eigenvalue weighted by molar-refractivity contribution is 7.19. The van der Waals surface area contributed by atoms with Crippen molar-refractivity contribution in [3.8, 4) is 11.3 Å². The first kappa shape index (κ1) is 21.4. The van der Waals surface area contributed by atoms with Gasteiger partial charge < -0.3 is 9.84 Å². The molecule has 0 saturated carbocycles. The molecule has 1 atom stereocenters. The van der Waals surface area contributed by atoms with Gasteiger partial charge in [-0.25, -0.2) is 13.8 Å². The van der Waals surface area contributed by atoms with E-state index in [0.717, 1.165) is 29.0 Å². The maximum atomic E-state index is 14.0. The lowest BCUT2D eigenvalue weighted by atomic mass is 9.99. The number of thiazole rings is 1. The molecule has 4 aromatic rings. The average molecular weight is 484 g/mol. The zero-order valence-electron chi connectivity index (χ0n) is 15.8. The third kappa shape index (κ3) is 4.60. The molecule has 0 aliphatic carbocycles. The Hall–Kier alpha value is -2.82. The van der Waals surface area contributed by atoms with E-state index in [9.17, 15) is 13.6 Å². The summed E-state index contributed by atoms with van der Waals surface area (Å²) in [5.74, 6) is -2.50. The van der Waals surface area contributed by atoms with E-state index < -0.39 is 23.5 Å². The van der Waals surface area contributed by atoms with E-state index >= 15 is 0 Å². The Morgan fingerprint density at radius 2 is 2.13 bits per heavy atom. The van der Waals surface area contributed by atoms with Gasteiger partial charge in [0.2, 0.25) is 0 Å². The average Bonchev–Trinajstić information content (AvgIpc) is 3.43. The summed E-state index contributed by atoms with van der Waals surface area (Å²) in [6, 6.07) is 4.29. The van der Waals surface area contributed by atoms with Gasteiger partial charge in [0.05, 0.1) is 17.5 Å². The molecular formula is C19H13Cl2F2N5O2S. The van der Waals surface area contributed by atoms with Gasteiger partial charge in [-0.05, 0) is 12.1 Å². The Labute approximate surface area is 188 Å². The summed E-state index contributed by atoms with van der Waals surface area (Å²) in [5.41, 5.74) is 1.22. The number of halogens is 4. The third-order valence-electron chi connectivity index (χ3n) is 4.45. The maximum absolute atomic E-state index is 14.0. The summed E-state index contributed by atoms with van der Waals surface area (Å²) in [6.45, 7) is 0.122. The van der Waals surface area contributed by atoms with Crippen LogP contribution in [0.1, 0.15) is 27.7 Å². The molecule has 1 amide bonds. The topological polar surface area (TPSA) is 85.8 Å². The van der Waals surface area contributed by atoms with Gasteiger partial charge in [0.25, 0.3) is 5.91 Å². The number of aryl methyl sites for hydroxylation is 1. The largest absolute Gasteiger partial charge is 0.355 e. The number of carbonyl (C=O) groups excluding carboxylic acids is 1. The molecule has 0 spiro atoms. The molecule has 1 unspecified atom stereocenters. The predicted molar refractivity (Wildman–Crippen MR) is 111 cm³/mol. The van der Waals surface area contributed by atoms with Crippen LogP contribution in [-0.4, -0.2) is 32.4 Å². The van der Waals surface area contributed by atoms with Crippen molar-refractivity contribution in [3.05, 3.63) is 74.0 Å². The second-order valence-electron chi connectivity index (χ2n) is 6.54. The van der Waals surface area contributed by atoms with Crippen LogP contribution in [-0.2, 0) is 7.05 Å². The summed E-state index contributed by atoms with van der Waals surface area (Å²) in [6.07, 6.45) is 3.43. The molecule has 0 fully saturated rings. The van der Waals surface area contributed by atoms with Crippen molar-refractivity contribution < 1.29 is 18.1 Å². The first-order valence-corrected chi connectivity index (χ1v) is 10.4. The molecule has 0 saturated heterocycles. The van der Waals surface area contributed by atoms with Gasteiger partial charge in [-0.15, -0.1) is 0 Å². The van der Waals surface area contributed by atoms with Crippen LogP contribution in [0.3, 0.4) is 0 Å². The molecule has 0 bridgehead atoms. The predicted octanol–water partition coefficient (Wildman–Crippen LogP) is 4.68. The number of nitrogens with one attached hydrogen (secondary N) is 1. The minimum atomic E-state index is -0.824. The zero-order valence-corrected chi connectivity index (χ0v) is 18.1. The van der Waals surface area contributed by atoms with E-state index in [-0.39, 0.29) is 28.0 Å². The van der Waals surface area contributed by atoms with Crippen molar-refractivity contribution in [2.45, 2.75) is 5.92 Å². The quantitative estimate of drug-likeness (QED) is 0.430. The molecule has 0 radical (unpaired) electrons. The Morgan fingerprint density at radius 1 is 1.32 bits per heavy atom. The highest BCUT2D eigenvalue weighted by Crippen LogP contribution is 2.35. The number of rotatable bonds is 6. The fourth-order valence-corrected chi connectivity index (χ4v) is 4.40. The van der Waals surface area contributed by atoms with Crippen LogP contribution < -0.4 is 5.32 Å². The van der Waals surface area contributed by atoms with Gasteiger partial charge in [0.15, 0.2) is 15.9 Å². The molecule has 31 heavy (non-hydrogen) atoms. The summed E-state index contributed by atoms with van der Waals surface area (Å²) in [4.78, 5) is 16.9. The smallest absolute Gasteiger partial charge is 0.273 e. The van der Waals surface area contributed by atoms with E-state index in [4.69, 9.17) is 27.7 Å². The van der Waals surface area contributed by atoms with Crippen molar-refractivity contribution in [1.29, 1.82) is 0 Å². The number of hydrogen-bond acceptors (Lipinski definition) is 6. The van der Waals surface area contributed by atoms with E-state index in [1.165, 1.54) is 12.1 Å². The van der Waals surface area contributed by atoms with Gasteiger partial charge >= 0.3 is 0 Å². The number of hydrogen-bond donors (Lipinski definition) is 1. The standard InChI is InChI=1S/C19H13Cl2F2N5O2S/c1-28-8-9(6-25-28)12(16-17(20)31-19(21)26-16)7-24-18(29)14-5-15(30-27-14)11-3-2-10(22)4-13(11)23/h2-6,8,12H,7H2,1H3,(H,24,29). The number of aromatic nitrogens is 4. The first-order chi connectivity index (χ1) is 14.8. The molecule has 1 aromatic carbocycles. The number of nitrogens with zero attached hydrogens (tertiary/aromatic N) is 4. The van der Waals surface area contributed by atoms with Gasteiger partial charge in [0, 0.05) is 43.4 Å². The monoisotopic (exact) mass is 483 g/mol. The van der Waals surface area contributed by atoms with Crippen LogP contribution in [0, 0.1) is 11.6 Å². The van der Waals surface area contributed by atoms with Crippen LogP contribution in [0.15, 0.2) is 41.2 Å². The molecule has 1 N–H and O–H groups in total. The fourth-order valence-electron chi connectivity index (χ4n) is 2.98. The van der Waals surface area contributed by atoms with Crippen LogP contribution in [0.2, 0.25) is 8.80 Å². The molecule has 160 valence electrons. The molecule has 0 aliphatic rings. The normalized spacial score (nSPS) is 12.2. The number of carbonyl (C=O) groups is 1. The number of amides is 1. The highest BCUT2D eigenvalue weighted by Gasteiger charge is 2.25. The maximum Gasteiger partial charge on any atom is 0.273 e. The Morgan fingerprint density at radius 3 is 2.77 bits per heavy atom. The lowest BCUT2D eigenvalue weighted by Gasteiger charge is -2.14. The molecular weight excluding hydrogens is 471 g/mol.